The molecule has 1 aromatic carbocycles. The van der Waals surface area contributed by atoms with E-state index in [4.69, 9.17) is 9.47 Å². The van der Waals surface area contributed by atoms with Crippen molar-refractivity contribution < 1.29 is 9.47 Å². The van der Waals surface area contributed by atoms with Crippen LogP contribution in [0.25, 0.3) is 0 Å². The summed E-state index contributed by atoms with van der Waals surface area (Å²) in [5.74, 6) is 0. The lowest BCUT2D eigenvalue weighted by atomic mass is 10.1. The molecular formula is C17H28N2O2. The van der Waals surface area contributed by atoms with Gasteiger partial charge in [0.15, 0.2) is 0 Å². The molecule has 4 nitrogen and oxygen atoms in total. The fourth-order valence-corrected chi connectivity index (χ4v) is 2.97. The third kappa shape index (κ3) is 4.51. The molecule has 0 aromatic heterocycles. The second-order valence-electron chi connectivity index (χ2n) is 5.68. The van der Waals surface area contributed by atoms with Crippen molar-refractivity contribution in [2.45, 2.75) is 31.6 Å². The van der Waals surface area contributed by atoms with Crippen LogP contribution in [-0.4, -0.2) is 57.5 Å². The summed E-state index contributed by atoms with van der Waals surface area (Å²) in [6, 6.07) is 11.0. The first-order chi connectivity index (χ1) is 10.3. The van der Waals surface area contributed by atoms with Crippen molar-refractivity contribution >= 4 is 0 Å². The Bertz CT molecular complexity index is 387. The van der Waals surface area contributed by atoms with Crippen LogP contribution in [-0.2, 0) is 9.47 Å². The van der Waals surface area contributed by atoms with Crippen molar-refractivity contribution in [2.24, 2.45) is 0 Å². The third-order valence-electron chi connectivity index (χ3n) is 4.18. The van der Waals surface area contributed by atoms with Gasteiger partial charge in [-0.25, -0.2) is 0 Å². The van der Waals surface area contributed by atoms with Gasteiger partial charge in [0, 0.05) is 39.9 Å². The zero-order valence-corrected chi connectivity index (χ0v) is 13.4. The molecule has 3 unspecified atom stereocenters. The molecule has 4 heteroatoms. The average molecular weight is 292 g/mol. The Morgan fingerprint density at radius 2 is 1.76 bits per heavy atom. The Hall–Kier alpha value is -0.940. The molecule has 1 aromatic rings. The van der Waals surface area contributed by atoms with Crippen LogP contribution in [0.3, 0.4) is 0 Å². The SMILES string of the molecule is CCCNC(CN1CC(OC)C(OC)C1)c1ccccc1. The van der Waals surface area contributed by atoms with Crippen molar-refractivity contribution in [3.63, 3.8) is 0 Å². The molecule has 3 atom stereocenters. The number of nitrogens with one attached hydrogen (secondary N) is 1. The first kappa shape index (κ1) is 16.4. The van der Waals surface area contributed by atoms with E-state index in [1.54, 1.807) is 14.2 Å². The van der Waals surface area contributed by atoms with Crippen LogP contribution >= 0.6 is 0 Å². The topological polar surface area (TPSA) is 33.7 Å². The Morgan fingerprint density at radius 1 is 1.14 bits per heavy atom. The second-order valence-corrected chi connectivity index (χ2v) is 5.68. The molecule has 0 spiro atoms. The smallest absolute Gasteiger partial charge is 0.0971 e. The molecule has 1 N–H and O–H groups in total. The summed E-state index contributed by atoms with van der Waals surface area (Å²) in [5.41, 5.74) is 1.35. The number of hydrogen-bond donors (Lipinski definition) is 1. The highest BCUT2D eigenvalue weighted by Gasteiger charge is 2.33. The first-order valence-corrected chi connectivity index (χ1v) is 7.84. The molecule has 1 fully saturated rings. The van der Waals surface area contributed by atoms with E-state index in [0.717, 1.165) is 32.6 Å². The minimum atomic E-state index is 0.178. The van der Waals surface area contributed by atoms with E-state index in [-0.39, 0.29) is 12.2 Å². The van der Waals surface area contributed by atoms with Gasteiger partial charge in [-0.2, -0.15) is 0 Å². The lowest BCUT2D eigenvalue weighted by molar-refractivity contribution is -0.00461. The van der Waals surface area contributed by atoms with Gasteiger partial charge in [-0.1, -0.05) is 37.3 Å². The predicted octanol–water partition coefficient (Wildman–Crippen LogP) is 2.07. The van der Waals surface area contributed by atoms with E-state index >= 15 is 0 Å². The van der Waals surface area contributed by atoms with Crippen LogP contribution in [0.4, 0.5) is 0 Å². The molecule has 1 heterocycles. The molecule has 21 heavy (non-hydrogen) atoms. The monoisotopic (exact) mass is 292 g/mol. The van der Waals surface area contributed by atoms with Gasteiger partial charge in [0.05, 0.1) is 12.2 Å². The lowest BCUT2D eigenvalue weighted by Gasteiger charge is -2.25. The van der Waals surface area contributed by atoms with Crippen LogP contribution in [0.1, 0.15) is 24.9 Å². The van der Waals surface area contributed by atoms with E-state index in [1.165, 1.54) is 5.56 Å². The van der Waals surface area contributed by atoms with Crippen LogP contribution in [0, 0.1) is 0 Å². The fraction of sp³-hybridized carbons (Fsp3) is 0.647. The molecule has 0 radical (unpaired) electrons. The molecule has 0 bridgehead atoms. The van der Waals surface area contributed by atoms with Gasteiger partial charge < -0.3 is 14.8 Å². The zero-order chi connectivity index (χ0) is 15.1. The quantitative estimate of drug-likeness (QED) is 0.795. The standard InChI is InChI=1S/C17H28N2O2/c1-4-10-18-15(14-8-6-5-7-9-14)11-19-12-16(20-2)17(13-19)21-3/h5-9,15-18H,4,10-13H2,1-3H3. The highest BCUT2D eigenvalue weighted by atomic mass is 16.5. The van der Waals surface area contributed by atoms with Crippen LogP contribution in [0.5, 0.6) is 0 Å². The van der Waals surface area contributed by atoms with E-state index in [1.807, 2.05) is 0 Å². The summed E-state index contributed by atoms with van der Waals surface area (Å²) in [6.45, 7) is 6.10. The predicted molar refractivity (Wildman–Crippen MR) is 85.5 cm³/mol. The summed E-state index contributed by atoms with van der Waals surface area (Å²) in [7, 11) is 3.54. The normalized spacial score (nSPS) is 24.3. The molecule has 1 saturated heterocycles. The summed E-state index contributed by atoms with van der Waals surface area (Å²) >= 11 is 0. The number of methoxy groups -OCH3 is 2. The number of hydrogen-bond acceptors (Lipinski definition) is 4. The van der Waals surface area contributed by atoms with Crippen molar-refractivity contribution in [1.29, 1.82) is 0 Å². The van der Waals surface area contributed by atoms with Gasteiger partial charge in [0.1, 0.15) is 0 Å². The molecular weight excluding hydrogens is 264 g/mol. The zero-order valence-electron chi connectivity index (χ0n) is 13.4. The maximum Gasteiger partial charge on any atom is 0.0971 e. The Balaban J connectivity index is 1.99. The number of rotatable bonds is 8. The van der Waals surface area contributed by atoms with Crippen molar-refractivity contribution in [3.05, 3.63) is 35.9 Å². The Labute approximate surface area is 128 Å². The van der Waals surface area contributed by atoms with Gasteiger partial charge >= 0.3 is 0 Å². The first-order valence-electron chi connectivity index (χ1n) is 7.84. The van der Waals surface area contributed by atoms with Crippen LogP contribution < -0.4 is 5.32 Å². The molecule has 1 aliphatic heterocycles. The summed E-state index contributed by atoms with van der Waals surface area (Å²) < 4.78 is 11.1. The Morgan fingerprint density at radius 3 is 2.29 bits per heavy atom. The number of likely N-dealkylation sites (tertiary alicyclic amines) is 1. The summed E-state index contributed by atoms with van der Waals surface area (Å²) in [6.07, 6.45) is 1.50. The van der Waals surface area contributed by atoms with E-state index in [0.29, 0.717) is 6.04 Å². The van der Waals surface area contributed by atoms with Gasteiger partial charge in [0.2, 0.25) is 0 Å². The van der Waals surface area contributed by atoms with Gasteiger partial charge in [-0.3, -0.25) is 4.90 Å². The average Bonchev–Trinajstić information content (AvgIpc) is 2.94. The van der Waals surface area contributed by atoms with Crippen LogP contribution in [0.15, 0.2) is 30.3 Å². The molecule has 2 rings (SSSR count). The van der Waals surface area contributed by atoms with Gasteiger partial charge in [-0.15, -0.1) is 0 Å². The van der Waals surface area contributed by atoms with E-state index in [2.05, 4.69) is 47.5 Å². The third-order valence-corrected chi connectivity index (χ3v) is 4.18. The fourth-order valence-electron chi connectivity index (χ4n) is 2.97. The second kappa shape index (κ2) is 8.49. The van der Waals surface area contributed by atoms with Crippen molar-refractivity contribution in [1.82, 2.24) is 10.2 Å². The summed E-state index contributed by atoms with van der Waals surface area (Å²) in [5, 5.41) is 3.65. The lowest BCUT2D eigenvalue weighted by Crippen LogP contribution is -2.35. The highest BCUT2D eigenvalue weighted by Crippen LogP contribution is 2.20. The molecule has 0 aliphatic carbocycles. The van der Waals surface area contributed by atoms with Crippen molar-refractivity contribution in [3.8, 4) is 0 Å². The van der Waals surface area contributed by atoms with Gasteiger partial charge in [-0.05, 0) is 18.5 Å². The van der Waals surface area contributed by atoms with E-state index < -0.39 is 0 Å². The molecule has 1 aliphatic rings. The highest BCUT2D eigenvalue weighted by molar-refractivity contribution is 5.19. The molecule has 0 amide bonds. The molecule has 118 valence electrons. The summed E-state index contributed by atoms with van der Waals surface area (Å²) in [4.78, 5) is 2.43. The number of nitrogens with zero attached hydrogens (tertiary/aromatic N) is 1. The Kier molecular flexibility index (Phi) is 6.64. The minimum absolute atomic E-state index is 0.178. The maximum absolute atomic E-state index is 5.53. The minimum Gasteiger partial charge on any atom is -0.377 e. The van der Waals surface area contributed by atoms with Crippen LogP contribution in [0.2, 0.25) is 0 Å². The molecule has 0 saturated carbocycles. The number of benzene rings is 1. The maximum atomic E-state index is 5.53. The largest absolute Gasteiger partial charge is 0.377 e. The van der Waals surface area contributed by atoms with Gasteiger partial charge in [0.25, 0.3) is 0 Å². The van der Waals surface area contributed by atoms with Crippen molar-refractivity contribution in [2.75, 3.05) is 40.4 Å². The van der Waals surface area contributed by atoms with E-state index in [9.17, 15) is 0 Å². The number of ether oxygens (including phenoxy) is 2.